The van der Waals surface area contributed by atoms with Gasteiger partial charge in [0.05, 0.1) is 34.5 Å². The van der Waals surface area contributed by atoms with Gasteiger partial charge >= 0.3 is 28.3 Å². The van der Waals surface area contributed by atoms with E-state index >= 15 is 4.79 Å². The Morgan fingerprint density at radius 2 is 1.65 bits per heavy atom. The monoisotopic (exact) mass is 932 g/mol. The first-order valence-corrected chi connectivity index (χ1v) is 24.7. The molecular formula is C49H64N4O12S. The summed E-state index contributed by atoms with van der Waals surface area (Å²) in [6, 6.07) is 11.4. The lowest BCUT2D eigenvalue weighted by Crippen LogP contribution is -2.81. The van der Waals surface area contributed by atoms with Crippen LogP contribution < -0.4 is 9.64 Å². The number of nitrogens with one attached hydrogen (secondary N) is 1. The van der Waals surface area contributed by atoms with Crippen molar-refractivity contribution in [3.05, 3.63) is 70.9 Å². The molecule has 1 spiro atoms. The Morgan fingerprint density at radius 3 is 2.33 bits per heavy atom. The summed E-state index contributed by atoms with van der Waals surface area (Å²) in [5.74, 6) is 0.0532. The van der Waals surface area contributed by atoms with E-state index < -0.39 is 56.3 Å². The van der Waals surface area contributed by atoms with Crippen LogP contribution in [-0.4, -0.2) is 143 Å². The lowest BCUT2D eigenvalue weighted by molar-refractivity contribution is -0.228. The fourth-order valence-electron chi connectivity index (χ4n) is 14.7. The van der Waals surface area contributed by atoms with Crippen molar-refractivity contribution in [1.29, 1.82) is 0 Å². The standard InChI is InChI=1S/C48H60N4O8.CH4O4S/c1-7-45-18-12-20-52-22-19-46(40(45)52)34-23-35(38(57-4)24-37(34)50(3)41(46)48(56,44(55)59-6)42(45)60-28(2)53)47(43(54)58-5)25-30-27-51(26-29-13-8-9-14-31(29)30)21-17-33-32-15-10-11-16-36(32)49-39(33)47;1-5-6(2,3)4/h10-12,15-16,18,23-24,29-31,40-42,49,56H,7-9,13-14,17,19-22,25-27H2,1-6H3;1H3,(H,2,3,4). The minimum Gasteiger partial charge on any atom is -0.496 e. The fourth-order valence-corrected chi connectivity index (χ4v) is 14.7. The van der Waals surface area contributed by atoms with E-state index in [1.54, 1.807) is 7.11 Å². The molecule has 2 aliphatic carbocycles. The molecular weight excluding hydrogens is 869 g/mol. The zero-order valence-corrected chi connectivity index (χ0v) is 39.8. The van der Waals surface area contributed by atoms with E-state index in [1.165, 1.54) is 40.4 Å². The average molecular weight is 933 g/mol. The summed E-state index contributed by atoms with van der Waals surface area (Å²) in [5.41, 5.74) is 0.0512. The van der Waals surface area contributed by atoms with E-state index in [-0.39, 0.29) is 17.9 Å². The largest absolute Gasteiger partial charge is 0.496 e. The third kappa shape index (κ3) is 6.68. The molecule has 66 heavy (non-hydrogen) atoms. The van der Waals surface area contributed by atoms with E-state index in [0.29, 0.717) is 49.9 Å². The van der Waals surface area contributed by atoms with Gasteiger partial charge in [-0.2, -0.15) is 8.42 Å². The number of ether oxygens (including phenoxy) is 4. The number of hydrogen-bond acceptors (Lipinski definition) is 14. The van der Waals surface area contributed by atoms with Crippen LogP contribution >= 0.6 is 0 Å². The van der Waals surface area contributed by atoms with Crippen molar-refractivity contribution in [1.82, 2.24) is 14.8 Å². The topological polar surface area (TPSA) is 197 Å². The van der Waals surface area contributed by atoms with Crippen LogP contribution in [0, 0.1) is 23.2 Å². The Kier molecular flexibility index (Phi) is 11.9. The SMILES string of the molecule is CCC12C=CCN3CCC4(c5cc(C6(C(=O)OC)CC7CN(CCc8c6[nH]c6ccccc86)CC6CCCCC67)c(OC)cc5N(C)C4C(O)(C(=O)OC)C1OC(C)=O)C32.COS(=O)(=O)O. The van der Waals surface area contributed by atoms with Gasteiger partial charge in [0, 0.05) is 90.9 Å². The van der Waals surface area contributed by atoms with Crippen LogP contribution in [0.5, 0.6) is 5.75 Å². The number of carbonyl (C=O) groups excluding carboxylic acids is 3. The summed E-state index contributed by atoms with van der Waals surface area (Å²) in [5, 5.41) is 14.5. The number of hydrogen-bond donors (Lipinski definition) is 3. The van der Waals surface area contributed by atoms with Gasteiger partial charge in [-0.15, -0.1) is 0 Å². The Hall–Kier alpha value is -4.52. The quantitative estimate of drug-likeness (QED) is 0.128. The molecule has 2 aromatic carbocycles. The number of anilines is 1. The maximum atomic E-state index is 15.5. The molecule has 17 heteroatoms. The zero-order chi connectivity index (χ0) is 47.1. The van der Waals surface area contributed by atoms with Crippen LogP contribution in [-0.2, 0) is 60.4 Å². The number of aromatic nitrogens is 1. The molecule has 6 heterocycles. The van der Waals surface area contributed by atoms with Crippen LogP contribution in [0.2, 0.25) is 0 Å². The number of H-pyrrole nitrogens is 1. The Morgan fingerprint density at radius 1 is 0.939 bits per heavy atom. The molecule has 3 N–H and O–H groups in total. The number of aromatic amines is 1. The van der Waals surface area contributed by atoms with Crippen LogP contribution in [0.25, 0.3) is 10.9 Å². The van der Waals surface area contributed by atoms with Crippen LogP contribution in [0.4, 0.5) is 5.69 Å². The van der Waals surface area contributed by atoms with Gasteiger partial charge in [0.2, 0.25) is 5.60 Å². The molecule has 4 fully saturated rings. The molecule has 358 valence electrons. The summed E-state index contributed by atoms with van der Waals surface area (Å²) in [4.78, 5) is 53.9. The van der Waals surface area contributed by atoms with Gasteiger partial charge in [-0.25, -0.2) is 4.79 Å². The van der Waals surface area contributed by atoms with Gasteiger partial charge in [0.25, 0.3) is 0 Å². The number of esters is 3. The number of methoxy groups -OCH3 is 3. The first-order valence-electron chi connectivity index (χ1n) is 23.3. The molecule has 2 saturated carbocycles. The van der Waals surface area contributed by atoms with E-state index in [4.69, 9.17) is 23.5 Å². The number of aliphatic hydroxyl groups is 1. The number of benzene rings is 2. The normalized spacial score (nSPS) is 35.3. The minimum absolute atomic E-state index is 0.217. The van der Waals surface area contributed by atoms with E-state index in [0.717, 1.165) is 78.6 Å². The minimum atomic E-state index is -4.16. The van der Waals surface area contributed by atoms with Gasteiger partial charge in [0.1, 0.15) is 11.2 Å². The van der Waals surface area contributed by atoms with Crippen molar-refractivity contribution < 1.29 is 55.6 Å². The number of para-hydroxylation sites is 1. The highest BCUT2D eigenvalue weighted by molar-refractivity contribution is 7.80. The Labute approximate surface area is 386 Å². The number of fused-ring (bicyclic) bond motifs is 8. The third-order valence-corrected chi connectivity index (χ3v) is 17.4. The van der Waals surface area contributed by atoms with Gasteiger partial charge in [0.15, 0.2) is 6.10 Å². The van der Waals surface area contributed by atoms with E-state index in [1.807, 2.05) is 31.0 Å². The molecule has 10 rings (SSSR count). The van der Waals surface area contributed by atoms with Gasteiger partial charge in [-0.05, 0) is 86.1 Å². The number of likely N-dealkylation sites (N-methyl/N-ethyl adjacent to an activating group) is 1. The molecule has 3 aromatic rings. The number of nitrogens with zero attached hydrogens (tertiary/aromatic N) is 3. The highest BCUT2D eigenvalue weighted by atomic mass is 32.3. The summed E-state index contributed by atoms with van der Waals surface area (Å²) >= 11 is 0. The molecule has 5 aliphatic heterocycles. The number of rotatable bonds is 7. The predicted octanol–water partition coefficient (Wildman–Crippen LogP) is 4.70. The van der Waals surface area contributed by atoms with Gasteiger partial charge < -0.3 is 38.8 Å². The molecule has 0 radical (unpaired) electrons. The molecule has 11 unspecified atom stereocenters. The second-order valence-electron chi connectivity index (χ2n) is 19.6. The Bertz CT molecular complexity index is 2560. The van der Waals surface area contributed by atoms with Crippen molar-refractivity contribution in [2.45, 2.75) is 99.8 Å². The summed E-state index contributed by atoms with van der Waals surface area (Å²) in [7, 11) is 3.05. The first kappa shape index (κ1) is 46.6. The average Bonchev–Trinajstić information content (AvgIpc) is 3.98. The highest BCUT2D eigenvalue weighted by Gasteiger charge is 2.80. The molecule has 2 bridgehead atoms. The zero-order valence-electron chi connectivity index (χ0n) is 39.0. The van der Waals surface area contributed by atoms with Crippen molar-refractivity contribution in [3.8, 4) is 5.75 Å². The molecule has 2 saturated heterocycles. The molecule has 16 nitrogen and oxygen atoms in total. The summed E-state index contributed by atoms with van der Waals surface area (Å²) < 4.78 is 53.9. The molecule has 7 aliphatic rings. The number of piperidine rings is 1. The van der Waals surface area contributed by atoms with Crippen molar-refractivity contribution in [2.24, 2.45) is 23.2 Å². The van der Waals surface area contributed by atoms with Crippen LogP contribution in [0.15, 0.2) is 48.6 Å². The molecule has 1 aromatic heterocycles. The first-order chi connectivity index (χ1) is 31.5. The summed E-state index contributed by atoms with van der Waals surface area (Å²) in [6.07, 6.45) is 10.1. The van der Waals surface area contributed by atoms with Gasteiger partial charge in [-0.1, -0.05) is 50.1 Å². The van der Waals surface area contributed by atoms with E-state index in [9.17, 15) is 23.1 Å². The smallest absolute Gasteiger partial charge is 0.397 e. The van der Waals surface area contributed by atoms with Crippen molar-refractivity contribution in [3.63, 3.8) is 0 Å². The van der Waals surface area contributed by atoms with Crippen LogP contribution in [0.1, 0.15) is 81.2 Å². The maximum Gasteiger partial charge on any atom is 0.397 e. The van der Waals surface area contributed by atoms with Gasteiger partial charge in [-0.3, -0.25) is 23.2 Å². The second kappa shape index (κ2) is 16.9. The maximum absolute atomic E-state index is 15.5. The lowest BCUT2D eigenvalue weighted by atomic mass is 9.47. The molecule has 0 amide bonds. The van der Waals surface area contributed by atoms with E-state index in [2.05, 4.69) is 55.4 Å². The van der Waals surface area contributed by atoms with Crippen molar-refractivity contribution >= 4 is 44.9 Å². The van der Waals surface area contributed by atoms with Crippen LogP contribution in [0.3, 0.4) is 0 Å². The predicted molar refractivity (Wildman–Crippen MR) is 245 cm³/mol. The highest BCUT2D eigenvalue weighted by Crippen LogP contribution is 2.68. The Balaban J connectivity index is 0.000000857. The summed E-state index contributed by atoms with van der Waals surface area (Å²) in [6.45, 7) is 7.65. The third-order valence-electron chi connectivity index (χ3n) is 17.0. The van der Waals surface area contributed by atoms with Crippen molar-refractivity contribution in [2.75, 3.05) is 73.1 Å². The second-order valence-corrected chi connectivity index (χ2v) is 20.8. The fraction of sp³-hybridized carbons (Fsp3) is 0.612. The lowest BCUT2D eigenvalue weighted by Gasteiger charge is -2.63. The number of carbonyl (C=O) groups is 3. The molecule has 11 atom stereocenters.